The molecule has 26 heavy (non-hydrogen) atoms. The third-order valence-electron chi connectivity index (χ3n) is 5.66. The molecule has 0 unspecified atom stereocenters. The van der Waals surface area contributed by atoms with Gasteiger partial charge in [0, 0.05) is 19.3 Å². The fourth-order valence-electron chi connectivity index (χ4n) is 4.06. The molecule has 0 aliphatic heterocycles. The van der Waals surface area contributed by atoms with Crippen LogP contribution in [0.4, 0.5) is 0 Å². The summed E-state index contributed by atoms with van der Waals surface area (Å²) in [5.74, 6) is 0. The zero-order chi connectivity index (χ0) is 18.8. The molecule has 3 heteroatoms. The van der Waals surface area contributed by atoms with Gasteiger partial charge in [-0.2, -0.15) is 0 Å². The largest absolute Gasteiger partial charge is 0.301 e. The Balaban J connectivity index is 1.62. The lowest BCUT2D eigenvalue weighted by atomic mass is 9.65. The second-order valence-corrected chi connectivity index (χ2v) is 9.53. The van der Waals surface area contributed by atoms with Crippen molar-refractivity contribution >= 4 is 11.6 Å². The zero-order valence-corrected chi connectivity index (χ0v) is 17.3. The Kier molecular flexibility index (Phi) is 5.74. The molecule has 1 aliphatic rings. The van der Waals surface area contributed by atoms with E-state index >= 15 is 0 Å². The molecule has 0 atom stereocenters. The van der Waals surface area contributed by atoms with Crippen LogP contribution in [0.15, 0.2) is 42.6 Å². The highest BCUT2D eigenvalue weighted by molar-refractivity contribution is 6.29. The van der Waals surface area contributed by atoms with Crippen LogP contribution in [0.1, 0.15) is 56.7 Å². The van der Waals surface area contributed by atoms with Gasteiger partial charge in [0.15, 0.2) is 0 Å². The average Bonchev–Trinajstić information content (AvgIpc) is 2.54. The highest BCUT2D eigenvalue weighted by Gasteiger charge is 2.37. The molecule has 1 aromatic heterocycles. The van der Waals surface area contributed by atoms with Crippen LogP contribution in [0.25, 0.3) is 0 Å². The predicted octanol–water partition coefficient (Wildman–Crippen LogP) is 5.88. The summed E-state index contributed by atoms with van der Waals surface area (Å²) in [6.45, 7) is 8.88. The van der Waals surface area contributed by atoms with E-state index in [4.69, 9.17) is 11.6 Å². The van der Waals surface area contributed by atoms with E-state index in [0.717, 1.165) is 13.1 Å². The summed E-state index contributed by atoms with van der Waals surface area (Å²) in [6.07, 6.45) is 7.09. The van der Waals surface area contributed by atoms with Gasteiger partial charge in [0.25, 0.3) is 0 Å². The van der Waals surface area contributed by atoms with E-state index in [1.165, 1.54) is 42.4 Å². The average molecular weight is 371 g/mol. The maximum Gasteiger partial charge on any atom is 0.129 e. The van der Waals surface area contributed by atoms with Crippen LogP contribution >= 0.6 is 11.6 Å². The van der Waals surface area contributed by atoms with Gasteiger partial charge in [-0.1, -0.05) is 69.1 Å². The number of rotatable bonds is 6. The van der Waals surface area contributed by atoms with Crippen LogP contribution in [0.2, 0.25) is 5.15 Å². The van der Waals surface area contributed by atoms with E-state index in [9.17, 15) is 0 Å². The van der Waals surface area contributed by atoms with Crippen LogP contribution in [-0.2, 0) is 18.4 Å². The van der Waals surface area contributed by atoms with Gasteiger partial charge in [-0.05, 0) is 59.9 Å². The quantitative estimate of drug-likeness (QED) is 0.590. The van der Waals surface area contributed by atoms with Gasteiger partial charge in [-0.25, -0.2) is 4.98 Å². The van der Waals surface area contributed by atoms with Gasteiger partial charge in [0.2, 0.25) is 0 Å². The highest BCUT2D eigenvalue weighted by atomic mass is 35.5. The standard InChI is InChI=1S/C23H31ClN2/c1-22(2,3)20-9-6-18(7-10-20)14-23(12-5-13-23)17-26(4)16-19-8-11-21(24)25-15-19/h6-11,15H,5,12-14,16-17H2,1-4H3. The molecule has 140 valence electrons. The predicted molar refractivity (Wildman–Crippen MR) is 111 cm³/mol. The second-order valence-electron chi connectivity index (χ2n) is 9.14. The highest BCUT2D eigenvalue weighted by Crippen LogP contribution is 2.44. The smallest absolute Gasteiger partial charge is 0.129 e. The molecule has 0 amide bonds. The molecule has 3 rings (SSSR count). The van der Waals surface area contributed by atoms with E-state index < -0.39 is 0 Å². The van der Waals surface area contributed by atoms with E-state index in [0.29, 0.717) is 10.6 Å². The van der Waals surface area contributed by atoms with Crippen molar-refractivity contribution in [3.63, 3.8) is 0 Å². The van der Waals surface area contributed by atoms with E-state index in [1.54, 1.807) is 0 Å². The van der Waals surface area contributed by atoms with Crippen molar-refractivity contribution in [3.05, 3.63) is 64.4 Å². The summed E-state index contributed by atoms with van der Waals surface area (Å²) in [5.41, 5.74) is 4.76. The monoisotopic (exact) mass is 370 g/mol. The number of pyridine rings is 1. The van der Waals surface area contributed by atoms with Crippen molar-refractivity contribution in [2.75, 3.05) is 13.6 Å². The fraction of sp³-hybridized carbons (Fsp3) is 0.522. The minimum atomic E-state index is 0.222. The molecule has 0 saturated heterocycles. The molecule has 1 fully saturated rings. The summed E-state index contributed by atoms with van der Waals surface area (Å²) >= 11 is 5.89. The summed E-state index contributed by atoms with van der Waals surface area (Å²) < 4.78 is 0. The van der Waals surface area contributed by atoms with Crippen molar-refractivity contribution < 1.29 is 0 Å². The molecular formula is C23H31ClN2. The number of halogens is 1. The summed E-state index contributed by atoms with van der Waals surface area (Å²) in [6, 6.07) is 13.2. The number of aromatic nitrogens is 1. The first-order valence-corrected chi connectivity index (χ1v) is 10.0. The van der Waals surface area contributed by atoms with Gasteiger partial charge in [0.1, 0.15) is 5.15 Å². The van der Waals surface area contributed by atoms with E-state index in [1.807, 2.05) is 12.3 Å². The van der Waals surface area contributed by atoms with E-state index in [-0.39, 0.29) is 5.41 Å². The first kappa shape index (κ1) is 19.4. The third kappa shape index (κ3) is 4.86. The van der Waals surface area contributed by atoms with Gasteiger partial charge >= 0.3 is 0 Å². The summed E-state index contributed by atoms with van der Waals surface area (Å²) in [5, 5.41) is 0.561. The van der Waals surface area contributed by atoms with E-state index in [2.05, 4.69) is 68.0 Å². The third-order valence-corrected chi connectivity index (χ3v) is 5.88. The Morgan fingerprint density at radius 3 is 2.19 bits per heavy atom. The SMILES string of the molecule is CN(Cc1ccc(Cl)nc1)CC1(Cc2ccc(C(C)(C)C)cc2)CCC1. The Labute approximate surface area is 163 Å². The van der Waals surface area contributed by atoms with Crippen molar-refractivity contribution in [2.45, 2.75) is 58.4 Å². The van der Waals surface area contributed by atoms with Crippen molar-refractivity contribution in [3.8, 4) is 0 Å². The maximum atomic E-state index is 5.89. The number of hydrogen-bond acceptors (Lipinski definition) is 2. The van der Waals surface area contributed by atoms with Crippen LogP contribution in [-0.4, -0.2) is 23.5 Å². The molecule has 1 saturated carbocycles. The lowest BCUT2D eigenvalue weighted by molar-refractivity contribution is 0.0755. The minimum Gasteiger partial charge on any atom is -0.301 e. The van der Waals surface area contributed by atoms with Crippen LogP contribution in [0, 0.1) is 5.41 Å². The molecule has 1 aromatic carbocycles. The van der Waals surface area contributed by atoms with Crippen LogP contribution in [0.3, 0.4) is 0 Å². The first-order chi connectivity index (χ1) is 12.3. The fourth-order valence-corrected chi connectivity index (χ4v) is 4.18. The first-order valence-electron chi connectivity index (χ1n) is 9.64. The van der Waals surface area contributed by atoms with Crippen molar-refractivity contribution in [1.82, 2.24) is 9.88 Å². The molecule has 1 heterocycles. The maximum absolute atomic E-state index is 5.89. The van der Waals surface area contributed by atoms with Gasteiger partial charge in [-0.15, -0.1) is 0 Å². The zero-order valence-electron chi connectivity index (χ0n) is 16.6. The molecule has 0 spiro atoms. The Morgan fingerprint density at radius 2 is 1.69 bits per heavy atom. The molecular weight excluding hydrogens is 340 g/mol. The van der Waals surface area contributed by atoms with Gasteiger partial charge in [0.05, 0.1) is 0 Å². The molecule has 1 aliphatic carbocycles. The number of nitrogens with zero attached hydrogens (tertiary/aromatic N) is 2. The van der Waals surface area contributed by atoms with Crippen LogP contribution in [0.5, 0.6) is 0 Å². The Hall–Kier alpha value is -1.38. The van der Waals surface area contributed by atoms with Gasteiger partial charge < -0.3 is 4.90 Å². The van der Waals surface area contributed by atoms with Crippen molar-refractivity contribution in [2.24, 2.45) is 5.41 Å². The van der Waals surface area contributed by atoms with Crippen molar-refractivity contribution in [1.29, 1.82) is 0 Å². The topological polar surface area (TPSA) is 16.1 Å². The Bertz CT molecular complexity index is 709. The summed E-state index contributed by atoms with van der Waals surface area (Å²) in [7, 11) is 2.22. The Morgan fingerprint density at radius 1 is 1.04 bits per heavy atom. The van der Waals surface area contributed by atoms with Gasteiger partial charge in [-0.3, -0.25) is 0 Å². The molecule has 2 nitrogen and oxygen atoms in total. The molecule has 0 bridgehead atoms. The lowest BCUT2D eigenvalue weighted by Crippen LogP contribution is -2.42. The second kappa shape index (κ2) is 7.70. The molecule has 2 aromatic rings. The summed E-state index contributed by atoms with van der Waals surface area (Å²) in [4.78, 5) is 6.64. The number of hydrogen-bond donors (Lipinski definition) is 0. The lowest BCUT2D eigenvalue weighted by Gasteiger charge is -2.45. The van der Waals surface area contributed by atoms with Crippen LogP contribution < -0.4 is 0 Å². The minimum absolute atomic E-state index is 0.222. The molecule has 0 N–H and O–H groups in total. The normalized spacial score (nSPS) is 16.5. The molecule has 0 radical (unpaired) electrons. The number of benzene rings is 1.